The molecule has 0 aromatic heterocycles. The first-order valence-electron chi connectivity index (χ1n) is 11.3. The highest BCUT2D eigenvalue weighted by molar-refractivity contribution is 5.93. The Morgan fingerprint density at radius 1 is 0.824 bits per heavy atom. The summed E-state index contributed by atoms with van der Waals surface area (Å²) >= 11 is 0. The minimum absolute atomic E-state index is 0.00798. The maximum Gasteiger partial charge on any atom is 0.343 e. The summed E-state index contributed by atoms with van der Waals surface area (Å²) in [7, 11) is 0. The zero-order chi connectivity index (χ0) is 24.6. The maximum absolute atomic E-state index is 12.7. The molecule has 0 aliphatic carbocycles. The zero-order valence-electron chi connectivity index (χ0n) is 19.8. The van der Waals surface area contributed by atoms with E-state index in [4.69, 9.17) is 9.47 Å². The van der Waals surface area contributed by atoms with Gasteiger partial charge in [0.1, 0.15) is 0 Å². The van der Waals surface area contributed by atoms with Gasteiger partial charge in [-0.05, 0) is 82.1 Å². The predicted molar refractivity (Wildman–Crippen MR) is 131 cm³/mol. The van der Waals surface area contributed by atoms with Gasteiger partial charge in [0.25, 0.3) is 0 Å². The number of aliphatic hydroxyl groups is 1. The average Bonchev–Trinajstić information content (AvgIpc) is 2.83. The summed E-state index contributed by atoms with van der Waals surface area (Å²) in [6.07, 6.45) is 0.537. The van der Waals surface area contributed by atoms with Crippen LogP contribution < -0.4 is 14.8 Å². The van der Waals surface area contributed by atoms with E-state index in [2.05, 4.69) is 26.1 Å². The molecule has 1 unspecified atom stereocenters. The van der Waals surface area contributed by atoms with Crippen molar-refractivity contribution >= 4 is 11.9 Å². The minimum atomic E-state index is -0.755. The zero-order valence-corrected chi connectivity index (χ0v) is 19.8. The molecule has 34 heavy (non-hydrogen) atoms. The lowest BCUT2D eigenvalue weighted by Gasteiger charge is -2.21. The van der Waals surface area contributed by atoms with Gasteiger partial charge in [0.2, 0.25) is 0 Å². The quantitative estimate of drug-likeness (QED) is 0.255. The Kier molecular flexibility index (Phi) is 8.57. The second kappa shape index (κ2) is 11.6. The van der Waals surface area contributed by atoms with Crippen LogP contribution in [0.5, 0.6) is 11.5 Å². The smallest absolute Gasteiger partial charge is 0.343 e. The molecule has 178 valence electrons. The van der Waals surface area contributed by atoms with E-state index in [0.717, 1.165) is 13.0 Å². The molecule has 6 heteroatoms. The lowest BCUT2D eigenvalue weighted by molar-refractivity contribution is 0.0681. The number of rotatable bonds is 9. The van der Waals surface area contributed by atoms with Crippen LogP contribution in [0.2, 0.25) is 0 Å². The third kappa shape index (κ3) is 7.54. The summed E-state index contributed by atoms with van der Waals surface area (Å²) in [6, 6.07) is 21.9. The van der Waals surface area contributed by atoms with Crippen molar-refractivity contribution in [3.63, 3.8) is 0 Å². The van der Waals surface area contributed by atoms with Gasteiger partial charge in [0.05, 0.1) is 17.2 Å². The number of nitrogens with one attached hydrogen (secondary N) is 1. The molecule has 0 fully saturated rings. The van der Waals surface area contributed by atoms with Gasteiger partial charge in [0, 0.05) is 5.54 Å². The second-order valence-electron chi connectivity index (χ2n) is 9.05. The van der Waals surface area contributed by atoms with Crippen LogP contribution in [0.15, 0.2) is 78.9 Å². The van der Waals surface area contributed by atoms with Crippen molar-refractivity contribution in [1.82, 2.24) is 5.32 Å². The molecule has 0 heterocycles. The number of carbonyl (C=O) groups excluding carboxylic acids is 2. The summed E-state index contributed by atoms with van der Waals surface area (Å²) in [5.41, 5.74) is 1.32. The number of ether oxygens (including phenoxy) is 2. The molecule has 1 atom stereocenters. The SMILES string of the molecule is CC(C)(C)NCCCC(O)c1ccc(OC(=O)c2ccccc2)c(OC(=O)c2ccccc2)c1. The molecule has 0 saturated heterocycles. The van der Waals surface area contributed by atoms with Crippen LogP contribution in [0.4, 0.5) is 0 Å². The Morgan fingerprint density at radius 3 is 1.88 bits per heavy atom. The highest BCUT2D eigenvalue weighted by atomic mass is 16.6. The first-order valence-corrected chi connectivity index (χ1v) is 11.3. The lowest BCUT2D eigenvalue weighted by atomic mass is 10.0. The number of benzene rings is 3. The van der Waals surface area contributed by atoms with Crippen molar-refractivity contribution < 1.29 is 24.2 Å². The van der Waals surface area contributed by atoms with Crippen LogP contribution in [0.25, 0.3) is 0 Å². The van der Waals surface area contributed by atoms with Crippen molar-refractivity contribution in [2.24, 2.45) is 0 Å². The number of carbonyl (C=O) groups is 2. The van der Waals surface area contributed by atoms with Gasteiger partial charge in [-0.25, -0.2) is 9.59 Å². The highest BCUT2D eigenvalue weighted by Crippen LogP contribution is 2.33. The van der Waals surface area contributed by atoms with E-state index < -0.39 is 18.0 Å². The van der Waals surface area contributed by atoms with E-state index in [-0.39, 0.29) is 17.0 Å². The van der Waals surface area contributed by atoms with Crippen molar-refractivity contribution in [3.05, 3.63) is 95.6 Å². The molecule has 2 N–H and O–H groups in total. The number of aliphatic hydroxyl groups excluding tert-OH is 1. The Balaban J connectivity index is 1.79. The summed E-state index contributed by atoms with van der Waals surface area (Å²) in [5, 5.41) is 14.1. The van der Waals surface area contributed by atoms with Crippen LogP contribution in [0, 0.1) is 0 Å². The fraction of sp³-hybridized carbons (Fsp3) is 0.286. The summed E-state index contributed by atoms with van der Waals surface area (Å²) in [4.78, 5) is 25.3. The standard InChI is InChI=1S/C28H31NO5/c1-28(2,3)29-18-10-15-23(30)22-16-17-24(33-26(31)20-11-6-4-7-12-20)25(19-22)34-27(32)21-13-8-5-9-14-21/h4-9,11-14,16-17,19,23,29-30H,10,15,18H2,1-3H3. The van der Waals surface area contributed by atoms with E-state index in [1.165, 1.54) is 0 Å². The van der Waals surface area contributed by atoms with Gasteiger partial charge < -0.3 is 19.9 Å². The van der Waals surface area contributed by atoms with Crippen LogP contribution in [-0.4, -0.2) is 29.1 Å². The molecule has 0 amide bonds. The minimum Gasteiger partial charge on any atom is -0.419 e. The summed E-state index contributed by atoms with van der Waals surface area (Å²) in [5.74, 6) is -0.983. The van der Waals surface area contributed by atoms with Crippen LogP contribution in [0.1, 0.15) is 66.0 Å². The van der Waals surface area contributed by atoms with E-state index in [1.54, 1.807) is 78.9 Å². The van der Waals surface area contributed by atoms with Crippen LogP contribution >= 0.6 is 0 Å². The normalized spacial score (nSPS) is 12.1. The lowest BCUT2D eigenvalue weighted by Crippen LogP contribution is -2.36. The molecule has 0 spiro atoms. The molecular formula is C28H31NO5. The largest absolute Gasteiger partial charge is 0.419 e. The second-order valence-corrected chi connectivity index (χ2v) is 9.05. The molecular weight excluding hydrogens is 430 g/mol. The number of hydrogen-bond acceptors (Lipinski definition) is 6. The molecule has 0 saturated carbocycles. The molecule has 0 radical (unpaired) electrons. The summed E-state index contributed by atoms with van der Waals surface area (Å²) < 4.78 is 11.1. The molecule has 0 aliphatic rings. The van der Waals surface area contributed by atoms with Gasteiger partial charge in [-0.15, -0.1) is 0 Å². The van der Waals surface area contributed by atoms with Crippen molar-refractivity contribution in [1.29, 1.82) is 0 Å². The number of esters is 2. The van der Waals surface area contributed by atoms with Gasteiger partial charge in [-0.1, -0.05) is 42.5 Å². The highest BCUT2D eigenvalue weighted by Gasteiger charge is 2.19. The number of hydrogen-bond donors (Lipinski definition) is 2. The van der Waals surface area contributed by atoms with E-state index >= 15 is 0 Å². The average molecular weight is 462 g/mol. The maximum atomic E-state index is 12.7. The Bertz CT molecular complexity index is 1090. The van der Waals surface area contributed by atoms with Crippen molar-refractivity contribution in [2.45, 2.75) is 45.3 Å². The van der Waals surface area contributed by atoms with Gasteiger partial charge in [-0.2, -0.15) is 0 Å². The fourth-order valence-corrected chi connectivity index (χ4v) is 3.29. The predicted octanol–water partition coefficient (Wildman–Crippen LogP) is 5.33. The van der Waals surface area contributed by atoms with E-state index in [9.17, 15) is 14.7 Å². The molecule has 0 bridgehead atoms. The van der Waals surface area contributed by atoms with Crippen LogP contribution in [0.3, 0.4) is 0 Å². The van der Waals surface area contributed by atoms with Crippen molar-refractivity contribution in [2.75, 3.05) is 6.54 Å². The van der Waals surface area contributed by atoms with Gasteiger partial charge in [-0.3, -0.25) is 0 Å². The Hall–Kier alpha value is -3.48. The fourth-order valence-electron chi connectivity index (χ4n) is 3.29. The van der Waals surface area contributed by atoms with Gasteiger partial charge >= 0.3 is 11.9 Å². The first kappa shape index (κ1) is 25.1. The molecule has 3 rings (SSSR count). The Morgan fingerprint density at radius 2 is 1.35 bits per heavy atom. The van der Waals surface area contributed by atoms with Crippen LogP contribution in [-0.2, 0) is 0 Å². The third-order valence-corrected chi connectivity index (χ3v) is 5.09. The molecule has 6 nitrogen and oxygen atoms in total. The van der Waals surface area contributed by atoms with Gasteiger partial charge in [0.15, 0.2) is 11.5 Å². The third-order valence-electron chi connectivity index (χ3n) is 5.09. The first-order chi connectivity index (χ1) is 16.2. The summed E-state index contributed by atoms with van der Waals surface area (Å²) in [6.45, 7) is 7.04. The van der Waals surface area contributed by atoms with Crippen molar-refractivity contribution in [3.8, 4) is 11.5 Å². The molecule has 3 aromatic rings. The van der Waals surface area contributed by atoms with E-state index in [1.807, 2.05) is 0 Å². The topological polar surface area (TPSA) is 84.9 Å². The molecule has 0 aliphatic heterocycles. The van der Waals surface area contributed by atoms with E-state index in [0.29, 0.717) is 23.1 Å². The monoisotopic (exact) mass is 461 g/mol. The molecule has 3 aromatic carbocycles. The Labute approximate surface area is 200 Å².